The third-order valence-corrected chi connectivity index (χ3v) is 5.13. The number of rotatable bonds is 9. The molecule has 8 nitrogen and oxygen atoms in total. The summed E-state index contributed by atoms with van der Waals surface area (Å²) in [5, 5.41) is 16.6. The second-order valence-electron chi connectivity index (χ2n) is 7.57. The number of amides is 1. The Morgan fingerprint density at radius 3 is 2.46 bits per heavy atom. The van der Waals surface area contributed by atoms with Gasteiger partial charge in [-0.3, -0.25) is 4.79 Å². The van der Waals surface area contributed by atoms with Crippen molar-refractivity contribution in [3.63, 3.8) is 0 Å². The molecule has 2 aromatic carbocycles. The second kappa shape index (κ2) is 10.5. The first-order valence-corrected chi connectivity index (χ1v) is 10.7. The van der Waals surface area contributed by atoms with Crippen molar-refractivity contribution in [2.24, 2.45) is 0 Å². The van der Waals surface area contributed by atoms with E-state index in [4.69, 9.17) is 14.9 Å². The number of benzene rings is 2. The second-order valence-corrected chi connectivity index (χ2v) is 7.57. The van der Waals surface area contributed by atoms with E-state index in [1.165, 1.54) is 59.3 Å². The Hall–Kier alpha value is -4.65. The van der Waals surface area contributed by atoms with Crippen molar-refractivity contribution in [1.82, 2.24) is 15.1 Å². The SMILES string of the molecule is N#Cc1c(CCCNC(=O)c2ccc(COc3ccc(F)cc3)o2)nn(-c2ccc(F)cc2)c1N. The molecule has 2 heterocycles. The lowest BCUT2D eigenvalue weighted by Crippen LogP contribution is -2.24. The van der Waals surface area contributed by atoms with E-state index in [9.17, 15) is 18.8 Å². The largest absolute Gasteiger partial charge is 0.486 e. The van der Waals surface area contributed by atoms with Crippen LogP contribution in [0.3, 0.4) is 0 Å². The van der Waals surface area contributed by atoms with Crippen LogP contribution in [0.15, 0.2) is 65.1 Å². The number of carbonyl (C=O) groups is 1. The molecule has 35 heavy (non-hydrogen) atoms. The van der Waals surface area contributed by atoms with Crippen molar-refractivity contribution in [2.75, 3.05) is 12.3 Å². The van der Waals surface area contributed by atoms with Gasteiger partial charge in [-0.15, -0.1) is 0 Å². The molecule has 4 rings (SSSR count). The Morgan fingerprint density at radius 2 is 1.77 bits per heavy atom. The number of aryl methyl sites for hydroxylation is 1. The minimum atomic E-state index is -0.394. The molecule has 0 spiro atoms. The number of nitrogens with one attached hydrogen (secondary N) is 1. The van der Waals surface area contributed by atoms with E-state index in [-0.39, 0.29) is 35.4 Å². The number of carbonyl (C=O) groups excluding carboxylic acids is 1. The molecule has 0 saturated heterocycles. The molecular formula is C25H21F2N5O3. The summed E-state index contributed by atoms with van der Waals surface area (Å²) in [6.45, 7) is 0.406. The highest BCUT2D eigenvalue weighted by molar-refractivity contribution is 5.91. The lowest BCUT2D eigenvalue weighted by molar-refractivity contribution is 0.0921. The zero-order chi connectivity index (χ0) is 24.8. The number of furan rings is 1. The fourth-order valence-corrected chi connectivity index (χ4v) is 3.36. The van der Waals surface area contributed by atoms with E-state index >= 15 is 0 Å². The van der Waals surface area contributed by atoms with Gasteiger partial charge in [0.2, 0.25) is 0 Å². The molecule has 0 aliphatic carbocycles. The Morgan fingerprint density at radius 1 is 1.09 bits per heavy atom. The molecule has 0 unspecified atom stereocenters. The maximum atomic E-state index is 13.2. The highest BCUT2D eigenvalue weighted by Crippen LogP contribution is 2.22. The number of hydrogen-bond acceptors (Lipinski definition) is 6. The normalized spacial score (nSPS) is 10.7. The molecular weight excluding hydrogens is 456 g/mol. The minimum Gasteiger partial charge on any atom is -0.486 e. The Labute approximate surface area is 199 Å². The molecule has 0 radical (unpaired) electrons. The summed E-state index contributed by atoms with van der Waals surface area (Å²) in [5.74, 6) is 0.0835. The van der Waals surface area contributed by atoms with Crippen LogP contribution >= 0.6 is 0 Å². The standard InChI is InChI=1S/C25H21F2N5O3/c26-16-3-7-18(8-4-16)32-24(29)21(14-28)22(31-32)2-1-13-30-25(33)23-12-11-20(35-23)15-34-19-9-5-17(27)6-10-19/h3-12H,1-2,13,15,29H2,(H,30,33). The highest BCUT2D eigenvalue weighted by atomic mass is 19.1. The van der Waals surface area contributed by atoms with Crippen LogP contribution in [0.4, 0.5) is 14.6 Å². The Bertz CT molecular complexity index is 1360. The molecule has 3 N–H and O–H groups in total. The van der Waals surface area contributed by atoms with Gasteiger partial charge in [0.05, 0.1) is 11.4 Å². The first-order valence-electron chi connectivity index (χ1n) is 10.7. The van der Waals surface area contributed by atoms with Crippen molar-refractivity contribution in [1.29, 1.82) is 5.26 Å². The summed E-state index contributed by atoms with van der Waals surface area (Å²) in [7, 11) is 0. The average molecular weight is 477 g/mol. The van der Waals surface area contributed by atoms with Gasteiger partial charge >= 0.3 is 0 Å². The summed E-state index contributed by atoms with van der Waals surface area (Å²) in [6, 6.07) is 16.4. The van der Waals surface area contributed by atoms with Gasteiger partial charge in [-0.2, -0.15) is 10.4 Å². The number of hydrogen-bond donors (Lipinski definition) is 2. The number of halogens is 2. The zero-order valence-corrected chi connectivity index (χ0v) is 18.5. The first-order chi connectivity index (χ1) is 16.9. The molecule has 0 saturated carbocycles. The van der Waals surface area contributed by atoms with Crippen molar-refractivity contribution in [3.8, 4) is 17.5 Å². The molecule has 0 aliphatic heterocycles. The van der Waals surface area contributed by atoms with Crippen molar-refractivity contribution in [2.45, 2.75) is 19.4 Å². The molecule has 0 atom stereocenters. The van der Waals surface area contributed by atoms with Crippen LogP contribution in [0.25, 0.3) is 5.69 Å². The van der Waals surface area contributed by atoms with Crippen LogP contribution in [-0.2, 0) is 13.0 Å². The molecule has 178 valence electrons. The minimum absolute atomic E-state index is 0.0913. The number of anilines is 1. The van der Waals surface area contributed by atoms with E-state index in [1.54, 1.807) is 6.07 Å². The van der Waals surface area contributed by atoms with E-state index in [0.29, 0.717) is 42.3 Å². The van der Waals surface area contributed by atoms with Crippen LogP contribution in [0, 0.1) is 23.0 Å². The van der Waals surface area contributed by atoms with Crippen molar-refractivity contribution in [3.05, 3.63) is 95.1 Å². The van der Waals surface area contributed by atoms with Crippen LogP contribution in [0.1, 0.15) is 34.0 Å². The van der Waals surface area contributed by atoms with Gasteiger partial charge in [-0.25, -0.2) is 13.5 Å². The smallest absolute Gasteiger partial charge is 0.286 e. The zero-order valence-electron chi connectivity index (χ0n) is 18.5. The lowest BCUT2D eigenvalue weighted by Gasteiger charge is -2.04. The van der Waals surface area contributed by atoms with Crippen LogP contribution < -0.4 is 15.8 Å². The van der Waals surface area contributed by atoms with Gasteiger partial charge in [-0.1, -0.05) is 0 Å². The van der Waals surface area contributed by atoms with E-state index in [0.717, 1.165) is 0 Å². The molecule has 10 heteroatoms. The summed E-state index contributed by atoms with van der Waals surface area (Å²) in [4.78, 5) is 12.4. The molecule has 4 aromatic rings. The third-order valence-electron chi connectivity index (χ3n) is 5.13. The molecule has 0 aliphatic rings. The fraction of sp³-hybridized carbons (Fsp3) is 0.160. The predicted molar refractivity (Wildman–Crippen MR) is 123 cm³/mol. The van der Waals surface area contributed by atoms with Gasteiger partial charge in [-0.05, 0) is 73.5 Å². The fourth-order valence-electron chi connectivity index (χ4n) is 3.36. The highest BCUT2D eigenvalue weighted by Gasteiger charge is 2.17. The molecule has 2 aromatic heterocycles. The van der Waals surface area contributed by atoms with Gasteiger partial charge in [0, 0.05) is 6.54 Å². The predicted octanol–water partition coefficient (Wildman–Crippen LogP) is 4.14. The van der Waals surface area contributed by atoms with Crippen LogP contribution in [0.2, 0.25) is 0 Å². The van der Waals surface area contributed by atoms with Crippen LogP contribution in [-0.4, -0.2) is 22.2 Å². The number of nitrogens with two attached hydrogens (primary N) is 1. The van der Waals surface area contributed by atoms with Gasteiger partial charge in [0.1, 0.15) is 47.2 Å². The monoisotopic (exact) mass is 477 g/mol. The number of ether oxygens (including phenoxy) is 1. The first kappa shape index (κ1) is 23.5. The summed E-state index contributed by atoms with van der Waals surface area (Å²) >= 11 is 0. The summed E-state index contributed by atoms with van der Waals surface area (Å²) < 4.78 is 38.6. The van der Waals surface area contributed by atoms with Crippen molar-refractivity contribution >= 4 is 11.7 Å². The van der Waals surface area contributed by atoms with E-state index < -0.39 is 5.91 Å². The number of nitrogen functional groups attached to an aromatic ring is 1. The summed E-state index contributed by atoms with van der Waals surface area (Å²) in [6.07, 6.45) is 0.901. The number of nitrogens with zero attached hydrogens (tertiary/aromatic N) is 3. The van der Waals surface area contributed by atoms with Gasteiger partial charge < -0.3 is 20.2 Å². The Balaban J connectivity index is 1.28. The number of nitriles is 1. The average Bonchev–Trinajstić information content (AvgIpc) is 3.46. The van der Waals surface area contributed by atoms with Crippen LogP contribution in [0.5, 0.6) is 5.75 Å². The quantitative estimate of drug-likeness (QED) is 0.350. The van der Waals surface area contributed by atoms with E-state index in [2.05, 4.69) is 16.5 Å². The molecule has 0 bridgehead atoms. The maximum Gasteiger partial charge on any atom is 0.286 e. The lowest BCUT2D eigenvalue weighted by atomic mass is 10.1. The molecule has 1 amide bonds. The summed E-state index contributed by atoms with van der Waals surface area (Å²) in [5.41, 5.74) is 7.33. The number of aromatic nitrogens is 2. The molecule has 0 fully saturated rings. The third kappa shape index (κ3) is 5.65. The van der Waals surface area contributed by atoms with Crippen molar-refractivity contribution < 1.29 is 22.7 Å². The Kier molecular flexibility index (Phi) is 7.07. The van der Waals surface area contributed by atoms with Gasteiger partial charge in [0.25, 0.3) is 5.91 Å². The maximum absolute atomic E-state index is 13.2. The van der Waals surface area contributed by atoms with Gasteiger partial charge in [0.15, 0.2) is 5.76 Å². The topological polar surface area (TPSA) is 119 Å². The van der Waals surface area contributed by atoms with E-state index in [1.807, 2.05) is 0 Å².